The van der Waals surface area contributed by atoms with Crippen LogP contribution in [0.25, 0.3) is 0 Å². The Morgan fingerprint density at radius 3 is 2.87 bits per heavy atom. The first-order valence-corrected chi connectivity index (χ1v) is 4.79. The van der Waals surface area contributed by atoms with E-state index >= 15 is 0 Å². The molecule has 15 heavy (non-hydrogen) atoms. The van der Waals surface area contributed by atoms with Crippen LogP contribution >= 0.6 is 0 Å². The molecule has 0 unspecified atom stereocenters. The third-order valence-corrected chi connectivity index (χ3v) is 2.08. The Balaban J connectivity index is 2.54. The third kappa shape index (κ3) is 3.32. The molecule has 3 nitrogen and oxygen atoms in total. The van der Waals surface area contributed by atoms with E-state index in [9.17, 15) is 9.18 Å². The first-order chi connectivity index (χ1) is 7.15. The zero-order valence-electron chi connectivity index (χ0n) is 8.84. The van der Waals surface area contributed by atoms with E-state index in [-0.39, 0.29) is 18.3 Å². The highest BCUT2D eigenvalue weighted by Crippen LogP contribution is 2.12. The number of rotatable bonds is 4. The molecule has 1 N–H and O–H groups in total. The largest absolute Gasteiger partial charge is 0.273 e. The van der Waals surface area contributed by atoms with Crippen LogP contribution in [-0.2, 0) is 16.2 Å². The number of hydroxylamine groups is 1. The Kier molecular flexibility index (Phi) is 4.24. The fourth-order valence-electron chi connectivity index (χ4n) is 1.11. The van der Waals surface area contributed by atoms with E-state index in [0.717, 1.165) is 5.56 Å². The van der Waals surface area contributed by atoms with Crippen molar-refractivity contribution >= 4 is 5.91 Å². The second-order valence-corrected chi connectivity index (χ2v) is 3.20. The summed E-state index contributed by atoms with van der Waals surface area (Å²) in [6.07, 6.45) is 0.344. The summed E-state index contributed by atoms with van der Waals surface area (Å²) in [5.41, 5.74) is 3.50. The van der Waals surface area contributed by atoms with E-state index < -0.39 is 0 Å². The zero-order valence-corrected chi connectivity index (χ0v) is 8.84. The van der Waals surface area contributed by atoms with Crippen LogP contribution in [0.1, 0.15) is 24.5 Å². The molecule has 0 aliphatic rings. The van der Waals surface area contributed by atoms with Gasteiger partial charge in [0.1, 0.15) is 12.4 Å². The van der Waals surface area contributed by atoms with E-state index in [1.807, 2.05) is 0 Å². The number of amides is 1. The Morgan fingerprint density at radius 2 is 2.27 bits per heavy atom. The van der Waals surface area contributed by atoms with Gasteiger partial charge in [0.05, 0.1) is 0 Å². The van der Waals surface area contributed by atoms with Gasteiger partial charge in [-0.3, -0.25) is 9.63 Å². The molecule has 0 radical (unpaired) electrons. The van der Waals surface area contributed by atoms with Crippen molar-refractivity contribution in [1.82, 2.24) is 5.48 Å². The molecule has 0 aliphatic heterocycles. The molecule has 0 heterocycles. The second kappa shape index (κ2) is 5.46. The number of benzene rings is 1. The molecule has 1 aromatic rings. The molecular formula is C11H14FNO2. The SMILES string of the molecule is CCC(=O)NOCc1c(C)cccc1F. The van der Waals surface area contributed by atoms with Crippen LogP contribution in [-0.4, -0.2) is 5.91 Å². The molecule has 82 valence electrons. The van der Waals surface area contributed by atoms with Crippen molar-refractivity contribution in [3.8, 4) is 0 Å². The Hall–Kier alpha value is -1.42. The van der Waals surface area contributed by atoms with Crippen LogP contribution in [0.3, 0.4) is 0 Å². The first kappa shape index (κ1) is 11.7. The maximum Gasteiger partial charge on any atom is 0.243 e. The van der Waals surface area contributed by atoms with Gasteiger partial charge in [0.15, 0.2) is 0 Å². The summed E-state index contributed by atoms with van der Waals surface area (Å²) in [6, 6.07) is 4.80. The molecule has 0 bridgehead atoms. The minimum Gasteiger partial charge on any atom is -0.273 e. The number of halogens is 1. The molecule has 0 atom stereocenters. The van der Waals surface area contributed by atoms with Gasteiger partial charge in [-0.2, -0.15) is 0 Å². The van der Waals surface area contributed by atoms with Crippen molar-refractivity contribution in [2.75, 3.05) is 0 Å². The van der Waals surface area contributed by atoms with Gasteiger partial charge < -0.3 is 0 Å². The fraction of sp³-hybridized carbons (Fsp3) is 0.364. The van der Waals surface area contributed by atoms with Gasteiger partial charge in [-0.05, 0) is 18.6 Å². The Labute approximate surface area is 88.2 Å². The summed E-state index contributed by atoms with van der Waals surface area (Å²) in [4.78, 5) is 15.7. The molecule has 0 aliphatic carbocycles. The van der Waals surface area contributed by atoms with Crippen LogP contribution in [0, 0.1) is 12.7 Å². The van der Waals surface area contributed by atoms with E-state index in [2.05, 4.69) is 5.48 Å². The van der Waals surface area contributed by atoms with E-state index in [1.54, 1.807) is 26.0 Å². The van der Waals surface area contributed by atoms with Crippen LogP contribution < -0.4 is 5.48 Å². The normalized spacial score (nSPS) is 10.1. The molecule has 1 aromatic carbocycles. The van der Waals surface area contributed by atoms with Crippen LogP contribution in [0.5, 0.6) is 0 Å². The highest BCUT2D eigenvalue weighted by atomic mass is 19.1. The second-order valence-electron chi connectivity index (χ2n) is 3.20. The summed E-state index contributed by atoms with van der Waals surface area (Å²) in [7, 11) is 0. The van der Waals surface area contributed by atoms with Crippen molar-refractivity contribution in [3.05, 3.63) is 35.1 Å². The summed E-state index contributed by atoms with van der Waals surface area (Å²) in [5.74, 6) is -0.537. The highest BCUT2D eigenvalue weighted by Gasteiger charge is 2.05. The number of aryl methyl sites for hydroxylation is 1. The van der Waals surface area contributed by atoms with Crippen LogP contribution in [0.4, 0.5) is 4.39 Å². The Bertz CT molecular complexity index is 332. The van der Waals surface area contributed by atoms with E-state index in [0.29, 0.717) is 12.0 Å². The summed E-state index contributed by atoms with van der Waals surface area (Å²) in [6.45, 7) is 3.56. The third-order valence-electron chi connectivity index (χ3n) is 2.08. The lowest BCUT2D eigenvalue weighted by molar-refractivity contribution is -0.134. The van der Waals surface area contributed by atoms with Crippen LogP contribution in [0.15, 0.2) is 18.2 Å². The van der Waals surface area contributed by atoms with Crippen molar-refractivity contribution in [1.29, 1.82) is 0 Å². The topological polar surface area (TPSA) is 38.3 Å². The minimum absolute atomic E-state index is 0.0459. The van der Waals surface area contributed by atoms with Gasteiger partial charge in [0.25, 0.3) is 0 Å². The predicted molar refractivity (Wildman–Crippen MR) is 54.4 cm³/mol. The number of nitrogens with one attached hydrogen (secondary N) is 1. The highest BCUT2D eigenvalue weighted by molar-refractivity contribution is 5.74. The molecule has 0 aromatic heterocycles. The first-order valence-electron chi connectivity index (χ1n) is 4.79. The maximum absolute atomic E-state index is 13.3. The quantitative estimate of drug-likeness (QED) is 0.774. The minimum atomic E-state index is -0.319. The van der Waals surface area contributed by atoms with Gasteiger partial charge in [-0.1, -0.05) is 19.1 Å². The maximum atomic E-state index is 13.3. The molecule has 0 saturated heterocycles. The monoisotopic (exact) mass is 211 g/mol. The molecule has 0 spiro atoms. The fourth-order valence-corrected chi connectivity index (χ4v) is 1.11. The summed E-state index contributed by atoms with van der Waals surface area (Å²) in [5, 5.41) is 0. The predicted octanol–water partition coefficient (Wildman–Crippen LogP) is 2.09. The summed E-state index contributed by atoms with van der Waals surface area (Å²) >= 11 is 0. The summed E-state index contributed by atoms with van der Waals surface area (Å²) < 4.78 is 13.3. The number of hydrogen-bond donors (Lipinski definition) is 1. The van der Waals surface area contributed by atoms with Gasteiger partial charge in [-0.15, -0.1) is 0 Å². The van der Waals surface area contributed by atoms with Crippen molar-refractivity contribution in [2.24, 2.45) is 0 Å². The molecule has 1 rings (SSSR count). The van der Waals surface area contributed by atoms with Crippen molar-refractivity contribution < 1.29 is 14.0 Å². The lowest BCUT2D eigenvalue weighted by Crippen LogP contribution is -2.22. The van der Waals surface area contributed by atoms with E-state index in [4.69, 9.17) is 4.84 Å². The average Bonchev–Trinajstić information content (AvgIpc) is 2.22. The van der Waals surface area contributed by atoms with Gasteiger partial charge in [0.2, 0.25) is 5.91 Å². The van der Waals surface area contributed by atoms with Crippen molar-refractivity contribution in [2.45, 2.75) is 26.9 Å². The number of hydrogen-bond acceptors (Lipinski definition) is 2. The van der Waals surface area contributed by atoms with Crippen molar-refractivity contribution in [3.63, 3.8) is 0 Å². The number of carbonyl (C=O) groups is 1. The molecule has 0 saturated carbocycles. The standard InChI is InChI=1S/C11H14FNO2/c1-3-11(14)13-15-7-9-8(2)5-4-6-10(9)12/h4-6H,3,7H2,1-2H3,(H,13,14). The van der Waals surface area contributed by atoms with Gasteiger partial charge in [-0.25, -0.2) is 9.87 Å². The zero-order chi connectivity index (χ0) is 11.3. The molecule has 1 amide bonds. The molecule has 0 fully saturated rings. The molecular weight excluding hydrogens is 197 g/mol. The number of carbonyl (C=O) groups excluding carboxylic acids is 1. The average molecular weight is 211 g/mol. The van der Waals surface area contributed by atoms with Gasteiger partial charge in [0, 0.05) is 12.0 Å². The Morgan fingerprint density at radius 1 is 1.53 bits per heavy atom. The smallest absolute Gasteiger partial charge is 0.243 e. The lowest BCUT2D eigenvalue weighted by Gasteiger charge is -2.08. The van der Waals surface area contributed by atoms with Gasteiger partial charge >= 0.3 is 0 Å². The molecule has 4 heteroatoms. The van der Waals surface area contributed by atoms with Crippen LogP contribution in [0.2, 0.25) is 0 Å². The van der Waals surface area contributed by atoms with E-state index in [1.165, 1.54) is 6.07 Å². The lowest BCUT2D eigenvalue weighted by atomic mass is 10.1.